The van der Waals surface area contributed by atoms with Crippen molar-refractivity contribution < 1.29 is 13.6 Å². The number of unbranched alkanes of at least 4 members (excludes halogenated alkanes) is 1. The Hall–Kier alpha value is -0.710. The summed E-state index contributed by atoms with van der Waals surface area (Å²) in [6, 6.07) is -0.365. The molecule has 0 aromatic rings. The molecule has 0 saturated carbocycles. The molecule has 5 heteroatoms. The molecule has 0 aromatic heterocycles. The predicted molar refractivity (Wildman–Crippen MR) is 86.1 cm³/mol. The van der Waals surface area contributed by atoms with Crippen molar-refractivity contribution in [2.75, 3.05) is 13.1 Å². The number of likely N-dealkylation sites (tertiary alicyclic amines) is 1. The molecule has 1 atom stereocenters. The first-order chi connectivity index (χ1) is 9.79. The number of hydrogen-bond donors (Lipinski definition) is 1. The van der Waals surface area contributed by atoms with Crippen LogP contribution in [-0.4, -0.2) is 41.4 Å². The Balaban J connectivity index is 2.51. The van der Waals surface area contributed by atoms with Gasteiger partial charge in [-0.25, -0.2) is 8.78 Å². The van der Waals surface area contributed by atoms with Crippen LogP contribution in [0, 0.1) is 5.41 Å². The lowest BCUT2D eigenvalue weighted by molar-refractivity contribution is -0.168. The molecule has 22 heavy (non-hydrogen) atoms. The van der Waals surface area contributed by atoms with Crippen LogP contribution in [0.25, 0.3) is 0 Å². The largest absolute Gasteiger partial charge is 0.329 e. The quantitative estimate of drug-likeness (QED) is 0.755. The van der Waals surface area contributed by atoms with Gasteiger partial charge in [-0.2, -0.15) is 0 Å². The highest BCUT2D eigenvalue weighted by Crippen LogP contribution is 2.28. The second kappa shape index (κ2) is 6.81. The lowest BCUT2D eigenvalue weighted by Gasteiger charge is -2.41. The molecule has 3 nitrogen and oxygen atoms in total. The molecule has 1 aliphatic heterocycles. The third kappa shape index (κ3) is 7.03. The van der Waals surface area contributed by atoms with Gasteiger partial charge in [0, 0.05) is 5.54 Å². The lowest BCUT2D eigenvalue weighted by atomic mass is 9.89. The molecule has 130 valence electrons. The van der Waals surface area contributed by atoms with E-state index < -0.39 is 19.0 Å². The maximum Gasteiger partial charge on any atom is 0.282 e. The van der Waals surface area contributed by atoms with Gasteiger partial charge in [0.2, 0.25) is 5.91 Å². The number of alkyl halides is 2. The van der Waals surface area contributed by atoms with E-state index in [4.69, 9.17) is 0 Å². The highest BCUT2D eigenvalue weighted by molar-refractivity contribution is 5.83. The normalized spacial score (nSPS) is 19.7. The summed E-state index contributed by atoms with van der Waals surface area (Å²) in [5.41, 5.74) is 0.0776. The molecule has 0 bridgehead atoms. The summed E-state index contributed by atoms with van der Waals surface area (Å²) in [6.07, 6.45) is 3.79. The number of rotatable bonds is 6. The van der Waals surface area contributed by atoms with Gasteiger partial charge in [-0.15, -0.1) is 0 Å². The van der Waals surface area contributed by atoms with Gasteiger partial charge in [0.25, 0.3) is 5.92 Å². The molecule has 1 amide bonds. The smallest absolute Gasteiger partial charge is 0.282 e. The van der Waals surface area contributed by atoms with E-state index in [1.54, 1.807) is 0 Å². The van der Waals surface area contributed by atoms with Crippen molar-refractivity contribution >= 4 is 5.91 Å². The Kier molecular flexibility index (Phi) is 5.99. The van der Waals surface area contributed by atoms with E-state index in [2.05, 4.69) is 26.1 Å². The van der Waals surface area contributed by atoms with E-state index in [1.165, 1.54) is 4.90 Å². The summed E-state index contributed by atoms with van der Waals surface area (Å²) in [4.78, 5) is 13.7. The molecule has 1 fully saturated rings. The minimum atomic E-state index is -2.70. The van der Waals surface area contributed by atoms with E-state index in [9.17, 15) is 13.6 Å². The number of hydrogen-bond acceptors (Lipinski definition) is 2. The average Bonchev–Trinajstić information content (AvgIpc) is 2.26. The molecule has 0 aliphatic carbocycles. The Morgan fingerprint density at radius 2 is 1.68 bits per heavy atom. The molecule has 0 aromatic carbocycles. The van der Waals surface area contributed by atoms with Crippen LogP contribution in [0.1, 0.15) is 67.2 Å². The number of amides is 1. The van der Waals surface area contributed by atoms with E-state index in [0.29, 0.717) is 6.42 Å². The van der Waals surface area contributed by atoms with Crippen LogP contribution in [0.4, 0.5) is 8.78 Å². The maximum atomic E-state index is 13.0. The Labute approximate surface area is 133 Å². The fourth-order valence-electron chi connectivity index (χ4n) is 2.67. The number of nitrogens with zero attached hydrogens (tertiary/aromatic N) is 1. The van der Waals surface area contributed by atoms with Gasteiger partial charge in [-0.3, -0.25) is 4.79 Å². The van der Waals surface area contributed by atoms with E-state index in [-0.39, 0.29) is 22.9 Å². The molecule has 1 saturated heterocycles. The van der Waals surface area contributed by atoms with Gasteiger partial charge in [0.15, 0.2) is 0 Å². The summed E-state index contributed by atoms with van der Waals surface area (Å²) in [5.74, 6) is -2.88. The van der Waals surface area contributed by atoms with Crippen molar-refractivity contribution in [1.29, 1.82) is 0 Å². The number of carbonyl (C=O) groups excluding carboxylic acids is 1. The summed E-state index contributed by atoms with van der Waals surface area (Å²) < 4.78 is 25.9. The molecule has 1 unspecified atom stereocenters. The maximum absolute atomic E-state index is 13.0. The van der Waals surface area contributed by atoms with Crippen molar-refractivity contribution in [3.8, 4) is 0 Å². The Morgan fingerprint density at radius 3 is 2.09 bits per heavy atom. The van der Waals surface area contributed by atoms with Crippen LogP contribution >= 0.6 is 0 Å². The second-order valence-corrected chi connectivity index (χ2v) is 8.80. The van der Waals surface area contributed by atoms with Gasteiger partial charge in [0.05, 0.1) is 19.1 Å². The van der Waals surface area contributed by atoms with Gasteiger partial charge in [-0.1, -0.05) is 33.6 Å². The van der Waals surface area contributed by atoms with Crippen LogP contribution in [-0.2, 0) is 4.79 Å². The van der Waals surface area contributed by atoms with E-state index in [0.717, 1.165) is 19.3 Å². The SMILES string of the molecule is CC(C)(C)CCCCC(NC(C)(C)C)C(=O)N1CC(F)(F)C1. The average molecular weight is 318 g/mol. The monoisotopic (exact) mass is 318 g/mol. The van der Waals surface area contributed by atoms with Gasteiger partial charge < -0.3 is 10.2 Å². The zero-order chi connectivity index (χ0) is 17.2. The van der Waals surface area contributed by atoms with Crippen molar-refractivity contribution in [2.45, 2.75) is 84.7 Å². The topological polar surface area (TPSA) is 32.3 Å². The summed E-state index contributed by atoms with van der Waals surface area (Å²) in [7, 11) is 0. The van der Waals surface area contributed by atoms with Gasteiger partial charge in [0.1, 0.15) is 0 Å². The number of halogens is 2. The number of carbonyl (C=O) groups is 1. The van der Waals surface area contributed by atoms with Crippen molar-refractivity contribution in [2.24, 2.45) is 5.41 Å². The summed E-state index contributed by atoms with van der Waals surface area (Å²) in [5, 5.41) is 3.29. The molecule has 0 spiro atoms. The highest BCUT2D eigenvalue weighted by atomic mass is 19.3. The minimum Gasteiger partial charge on any atom is -0.329 e. The fourth-order valence-corrected chi connectivity index (χ4v) is 2.67. The van der Waals surface area contributed by atoms with Crippen LogP contribution in [0.2, 0.25) is 0 Å². The lowest BCUT2D eigenvalue weighted by Crippen LogP contribution is -2.63. The van der Waals surface area contributed by atoms with Crippen molar-refractivity contribution in [3.05, 3.63) is 0 Å². The Bertz CT molecular complexity index is 375. The van der Waals surface area contributed by atoms with Crippen LogP contribution in [0.15, 0.2) is 0 Å². The van der Waals surface area contributed by atoms with E-state index in [1.807, 2.05) is 20.8 Å². The molecular formula is C17H32F2N2O. The molecule has 1 heterocycles. The molecule has 1 aliphatic rings. The predicted octanol–water partition coefficient (Wildman–Crippen LogP) is 3.83. The standard InChI is InChI=1S/C17H32F2N2O/c1-15(2,3)10-8-7-9-13(20-16(4,5)6)14(22)21-11-17(18,19)12-21/h13,20H,7-12H2,1-6H3. The van der Waals surface area contributed by atoms with Crippen LogP contribution in [0.5, 0.6) is 0 Å². The summed E-state index contributed by atoms with van der Waals surface area (Å²) >= 11 is 0. The van der Waals surface area contributed by atoms with Crippen LogP contribution in [0.3, 0.4) is 0 Å². The molecule has 1 N–H and O–H groups in total. The first-order valence-electron chi connectivity index (χ1n) is 8.23. The third-order valence-corrected chi connectivity index (χ3v) is 3.73. The highest BCUT2D eigenvalue weighted by Gasteiger charge is 2.47. The van der Waals surface area contributed by atoms with Crippen LogP contribution < -0.4 is 5.32 Å². The van der Waals surface area contributed by atoms with Crippen molar-refractivity contribution in [1.82, 2.24) is 10.2 Å². The first-order valence-corrected chi connectivity index (χ1v) is 8.23. The minimum absolute atomic E-state index is 0.184. The van der Waals surface area contributed by atoms with Crippen molar-refractivity contribution in [3.63, 3.8) is 0 Å². The molecular weight excluding hydrogens is 286 g/mol. The Morgan fingerprint density at radius 1 is 1.14 bits per heavy atom. The second-order valence-electron chi connectivity index (χ2n) is 8.80. The van der Waals surface area contributed by atoms with E-state index >= 15 is 0 Å². The third-order valence-electron chi connectivity index (χ3n) is 3.73. The summed E-state index contributed by atoms with van der Waals surface area (Å²) in [6.45, 7) is 11.7. The fraction of sp³-hybridized carbons (Fsp3) is 0.941. The molecule has 0 radical (unpaired) electrons. The number of nitrogens with one attached hydrogen (secondary N) is 1. The van der Waals surface area contributed by atoms with Gasteiger partial charge in [-0.05, 0) is 39.0 Å². The van der Waals surface area contributed by atoms with Gasteiger partial charge >= 0.3 is 0 Å². The zero-order valence-corrected chi connectivity index (χ0v) is 14.9. The first kappa shape index (κ1) is 19.3. The molecule has 1 rings (SSSR count). The zero-order valence-electron chi connectivity index (χ0n) is 14.9.